The second kappa shape index (κ2) is 8.80. The molecule has 2 nitrogen and oxygen atoms in total. The maximum absolute atomic E-state index is 14.4. The van der Waals surface area contributed by atoms with Crippen LogP contribution in [0, 0.1) is 5.82 Å². The Labute approximate surface area is 139 Å². The Morgan fingerprint density at radius 1 is 1.09 bits per heavy atom. The molecular formula is C20H27FN2. The predicted octanol–water partition coefficient (Wildman–Crippen LogP) is 4.14. The molecule has 0 heterocycles. The fraction of sp³-hybridized carbons (Fsp3) is 0.400. The highest BCUT2D eigenvalue weighted by atomic mass is 19.1. The average molecular weight is 314 g/mol. The van der Waals surface area contributed by atoms with Crippen LogP contribution in [0.3, 0.4) is 0 Å². The standard InChI is InChI=1S/C20H27FN2/c1-16(15-22-12-7-13-23(2)3)18-10-11-19(20(21)14-18)17-8-5-4-6-9-17/h4-6,8-11,14,16,22H,7,12-13,15H2,1-3H3. The van der Waals surface area contributed by atoms with Crippen LogP contribution in [0.5, 0.6) is 0 Å². The summed E-state index contributed by atoms with van der Waals surface area (Å²) in [5, 5.41) is 3.46. The summed E-state index contributed by atoms with van der Waals surface area (Å²) >= 11 is 0. The number of nitrogens with zero attached hydrogens (tertiary/aromatic N) is 1. The van der Waals surface area contributed by atoms with Gasteiger partial charge in [0.15, 0.2) is 0 Å². The Morgan fingerprint density at radius 3 is 2.48 bits per heavy atom. The van der Waals surface area contributed by atoms with Crippen molar-refractivity contribution in [1.82, 2.24) is 10.2 Å². The molecule has 23 heavy (non-hydrogen) atoms. The monoisotopic (exact) mass is 314 g/mol. The van der Waals surface area contributed by atoms with Crippen LogP contribution in [0.15, 0.2) is 48.5 Å². The van der Waals surface area contributed by atoms with Gasteiger partial charge in [-0.25, -0.2) is 4.39 Å². The summed E-state index contributed by atoms with van der Waals surface area (Å²) in [7, 11) is 4.17. The van der Waals surface area contributed by atoms with E-state index in [4.69, 9.17) is 0 Å². The van der Waals surface area contributed by atoms with Gasteiger partial charge in [0, 0.05) is 12.1 Å². The van der Waals surface area contributed by atoms with E-state index in [1.807, 2.05) is 42.5 Å². The SMILES string of the molecule is CC(CNCCCN(C)C)c1ccc(-c2ccccc2)c(F)c1. The first kappa shape index (κ1) is 17.6. The van der Waals surface area contributed by atoms with Crippen molar-refractivity contribution in [1.29, 1.82) is 0 Å². The molecule has 1 N–H and O–H groups in total. The maximum atomic E-state index is 14.4. The molecular weight excluding hydrogens is 287 g/mol. The van der Waals surface area contributed by atoms with Gasteiger partial charge in [-0.15, -0.1) is 0 Å². The third-order valence-electron chi connectivity index (χ3n) is 4.06. The molecule has 0 aliphatic rings. The second-order valence-corrected chi connectivity index (χ2v) is 6.37. The minimum Gasteiger partial charge on any atom is -0.316 e. The van der Waals surface area contributed by atoms with Crippen LogP contribution in [-0.2, 0) is 0 Å². The van der Waals surface area contributed by atoms with Crippen LogP contribution >= 0.6 is 0 Å². The highest BCUT2D eigenvalue weighted by Gasteiger charge is 2.10. The van der Waals surface area contributed by atoms with Crippen LogP contribution in [0.1, 0.15) is 24.8 Å². The first-order valence-electron chi connectivity index (χ1n) is 8.28. The van der Waals surface area contributed by atoms with Crippen LogP contribution < -0.4 is 5.32 Å². The fourth-order valence-electron chi connectivity index (χ4n) is 2.65. The zero-order valence-corrected chi connectivity index (χ0v) is 14.3. The van der Waals surface area contributed by atoms with E-state index in [1.165, 1.54) is 0 Å². The molecule has 0 spiro atoms. The first-order chi connectivity index (χ1) is 11.1. The summed E-state index contributed by atoms with van der Waals surface area (Å²) in [5.74, 6) is 0.154. The largest absolute Gasteiger partial charge is 0.316 e. The van der Waals surface area contributed by atoms with E-state index in [2.05, 4.69) is 31.2 Å². The molecule has 0 saturated heterocycles. The molecule has 0 radical (unpaired) electrons. The third-order valence-corrected chi connectivity index (χ3v) is 4.06. The lowest BCUT2D eigenvalue weighted by Gasteiger charge is -2.15. The van der Waals surface area contributed by atoms with E-state index < -0.39 is 0 Å². The molecule has 3 heteroatoms. The Hall–Kier alpha value is -1.71. The van der Waals surface area contributed by atoms with Gasteiger partial charge in [-0.1, -0.05) is 49.4 Å². The summed E-state index contributed by atoms with van der Waals surface area (Å²) in [5.41, 5.74) is 2.63. The molecule has 124 valence electrons. The molecule has 0 saturated carbocycles. The number of nitrogens with one attached hydrogen (secondary N) is 1. The average Bonchev–Trinajstić information content (AvgIpc) is 2.54. The molecule has 0 aromatic heterocycles. The fourth-order valence-corrected chi connectivity index (χ4v) is 2.65. The van der Waals surface area contributed by atoms with Crippen LogP contribution in [0.25, 0.3) is 11.1 Å². The van der Waals surface area contributed by atoms with Crippen LogP contribution in [-0.4, -0.2) is 38.6 Å². The highest BCUT2D eigenvalue weighted by molar-refractivity contribution is 5.64. The van der Waals surface area contributed by atoms with E-state index >= 15 is 0 Å². The lowest BCUT2D eigenvalue weighted by molar-refractivity contribution is 0.393. The minimum atomic E-state index is -0.145. The molecule has 1 atom stereocenters. The van der Waals surface area contributed by atoms with E-state index in [9.17, 15) is 4.39 Å². The van der Waals surface area contributed by atoms with Crippen LogP contribution in [0.2, 0.25) is 0 Å². The number of benzene rings is 2. The van der Waals surface area contributed by atoms with Gasteiger partial charge in [0.2, 0.25) is 0 Å². The summed E-state index contributed by atoms with van der Waals surface area (Å²) in [6.45, 7) is 5.09. The number of rotatable bonds is 8. The van der Waals surface area contributed by atoms with Gasteiger partial charge in [-0.2, -0.15) is 0 Å². The van der Waals surface area contributed by atoms with Crippen molar-refractivity contribution >= 4 is 0 Å². The minimum absolute atomic E-state index is 0.145. The van der Waals surface area contributed by atoms with Gasteiger partial charge in [0.1, 0.15) is 5.82 Å². The van der Waals surface area contributed by atoms with Crippen molar-refractivity contribution in [3.8, 4) is 11.1 Å². The van der Waals surface area contributed by atoms with Crippen molar-refractivity contribution < 1.29 is 4.39 Å². The molecule has 0 amide bonds. The number of hydrogen-bond acceptors (Lipinski definition) is 2. The van der Waals surface area contributed by atoms with E-state index in [1.54, 1.807) is 6.07 Å². The molecule has 0 fully saturated rings. The van der Waals surface area contributed by atoms with Gasteiger partial charge in [0.05, 0.1) is 0 Å². The first-order valence-corrected chi connectivity index (χ1v) is 8.28. The molecule has 2 rings (SSSR count). The molecule has 1 unspecified atom stereocenters. The zero-order valence-electron chi connectivity index (χ0n) is 14.3. The van der Waals surface area contributed by atoms with Crippen molar-refractivity contribution in [3.05, 3.63) is 59.9 Å². The summed E-state index contributed by atoms with van der Waals surface area (Å²) in [4.78, 5) is 2.18. The predicted molar refractivity (Wildman–Crippen MR) is 96.3 cm³/mol. The van der Waals surface area contributed by atoms with Crippen molar-refractivity contribution in [2.45, 2.75) is 19.3 Å². The summed E-state index contributed by atoms with van der Waals surface area (Å²) in [6, 6.07) is 15.3. The summed E-state index contributed by atoms with van der Waals surface area (Å²) < 4.78 is 14.4. The normalized spacial score (nSPS) is 12.6. The number of hydrogen-bond donors (Lipinski definition) is 1. The Kier molecular flexibility index (Phi) is 6.75. The molecule has 2 aromatic rings. The van der Waals surface area contributed by atoms with E-state index in [0.717, 1.165) is 37.2 Å². The van der Waals surface area contributed by atoms with E-state index in [-0.39, 0.29) is 5.82 Å². The lowest BCUT2D eigenvalue weighted by atomic mass is 9.97. The van der Waals surface area contributed by atoms with Gasteiger partial charge in [0.25, 0.3) is 0 Å². The summed E-state index contributed by atoms with van der Waals surface area (Å²) in [6.07, 6.45) is 1.13. The highest BCUT2D eigenvalue weighted by Crippen LogP contribution is 2.25. The van der Waals surface area contributed by atoms with Gasteiger partial charge in [-0.3, -0.25) is 0 Å². The van der Waals surface area contributed by atoms with Crippen molar-refractivity contribution in [2.75, 3.05) is 33.7 Å². The quantitative estimate of drug-likeness (QED) is 0.737. The molecule has 0 aliphatic heterocycles. The Morgan fingerprint density at radius 2 is 1.83 bits per heavy atom. The number of halogens is 1. The molecule has 0 aliphatic carbocycles. The van der Waals surface area contributed by atoms with Crippen molar-refractivity contribution in [3.63, 3.8) is 0 Å². The third kappa shape index (κ3) is 5.45. The van der Waals surface area contributed by atoms with Crippen LogP contribution in [0.4, 0.5) is 4.39 Å². The molecule has 0 bridgehead atoms. The molecule has 2 aromatic carbocycles. The second-order valence-electron chi connectivity index (χ2n) is 6.37. The maximum Gasteiger partial charge on any atom is 0.131 e. The van der Waals surface area contributed by atoms with Gasteiger partial charge in [-0.05, 0) is 56.7 Å². The lowest BCUT2D eigenvalue weighted by Crippen LogP contribution is -2.24. The smallest absolute Gasteiger partial charge is 0.131 e. The Balaban J connectivity index is 1.92. The van der Waals surface area contributed by atoms with Crippen molar-refractivity contribution in [2.24, 2.45) is 0 Å². The Bertz CT molecular complexity index is 596. The van der Waals surface area contributed by atoms with E-state index in [0.29, 0.717) is 11.5 Å². The van der Waals surface area contributed by atoms with Gasteiger partial charge >= 0.3 is 0 Å². The van der Waals surface area contributed by atoms with Gasteiger partial charge < -0.3 is 10.2 Å². The topological polar surface area (TPSA) is 15.3 Å². The zero-order chi connectivity index (χ0) is 16.7.